The van der Waals surface area contributed by atoms with Crippen LogP contribution in [-0.4, -0.2) is 28.6 Å². The third-order valence-electron chi connectivity index (χ3n) is 8.70. The summed E-state index contributed by atoms with van der Waals surface area (Å²) in [5.74, 6) is 1.22. The SMILES string of the molecule is C=C[C@H]1C[N+]2(Cc3ccccc3)CC[C@H]1C[C@@H]2[C@@H](OCc1ccc(Cl)cc1)c1ccnc2ccccc12.[Br-]. The Labute approximate surface area is 241 Å². The summed E-state index contributed by atoms with van der Waals surface area (Å²) in [7, 11) is 0. The lowest BCUT2D eigenvalue weighted by molar-refractivity contribution is -0.985. The van der Waals surface area contributed by atoms with Gasteiger partial charge in [-0.1, -0.05) is 78.3 Å². The molecule has 196 valence electrons. The Morgan fingerprint density at radius 1 is 0.974 bits per heavy atom. The van der Waals surface area contributed by atoms with Gasteiger partial charge in [-0.2, -0.15) is 0 Å². The van der Waals surface area contributed by atoms with E-state index in [4.69, 9.17) is 16.3 Å². The number of para-hydroxylation sites is 1. The van der Waals surface area contributed by atoms with E-state index in [-0.39, 0.29) is 23.1 Å². The van der Waals surface area contributed by atoms with Crippen LogP contribution >= 0.6 is 11.6 Å². The summed E-state index contributed by atoms with van der Waals surface area (Å²) in [4.78, 5) is 4.67. The Hall–Kier alpha value is -2.50. The summed E-state index contributed by atoms with van der Waals surface area (Å²) in [6.45, 7) is 8.11. The molecule has 1 unspecified atom stereocenters. The van der Waals surface area contributed by atoms with Gasteiger partial charge in [0.1, 0.15) is 18.7 Å². The zero-order chi connectivity index (χ0) is 25.2. The summed E-state index contributed by atoms with van der Waals surface area (Å²) in [6.07, 6.45) is 6.51. The van der Waals surface area contributed by atoms with Crippen molar-refractivity contribution in [1.82, 2.24) is 4.98 Å². The molecule has 0 aliphatic carbocycles. The molecule has 5 atom stereocenters. The second-order valence-electron chi connectivity index (χ2n) is 10.8. The second kappa shape index (κ2) is 11.7. The normalized spacial score (nSPS) is 25.0. The Morgan fingerprint density at radius 3 is 2.53 bits per heavy atom. The van der Waals surface area contributed by atoms with Crippen LogP contribution in [0, 0.1) is 11.8 Å². The maximum atomic E-state index is 6.97. The van der Waals surface area contributed by atoms with Gasteiger partial charge in [0, 0.05) is 40.9 Å². The van der Waals surface area contributed by atoms with E-state index >= 15 is 0 Å². The fraction of sp³-hybridized carbons (Fsp3) is 0.303. The molecule has 3 fully saturated rings. The fourth-order valence-electron chi connectivity index (χ4n) is 6.85. The van der Waals surface area contributed by atoms with Crippen molar-refractivity contribution in [2.45, 2.75) is 38.1 Å². The Kier molecular flexibility index (Phi) is 8.35. The Bertz CT molecular complexity index is 1370. The minimum absolute atomic E-state index is 0. The molecule has 0 amide bonds. The van der Waals surface area contributed by atoms with Gasteiger partial charge >= 0.3 is 0 Å². The minimum Gasteiger partial charge on any atom is -1.00 e. The lowest BCUT2D eigenvalue weighted by Gasteiger charge is -2.58. The Morgan fingerprint density at radius 2 is 1.74 bits per heavy atom. The molecule has 3 aliphatic heterocycles. The molecule has 0 spiro atoms. The number of pyridine rings is 1. The van der Waals surface area contributed by atoms with Gasteiger partial charge in [-0.05, 0) is 41.3 Å². The molecule has 4 heterocycles. The van der Waals surface area contributed by atoms with Crippen LogP contribution in [0.5, 0.6) is 0 Å². The first kappa shape index (κ1) is 27.1. The van der Waals surface area contributed by atoms with Gasteiger partial charge in [-0.25, -0.2) is 0 Å². The molecule has 0 radical (unpaired) electrons. The maximum Gasteiger partial charge on any atom is 0.135 e. The van der Waals surface area contributed by atoms with E-state index in [1.165, 1.54) is 29.5 Å². The van der Waals surface area contributed by atoms with E-state index in [0.29, 0.717) is 24.5 Å². The standard InChI is InChI=1S/C33H34ClN2O.BrH/c1-2-26-22-36(21-24-8-4-3-5-9-24)19-17-27(26)20-32(36)33(37-23-25-12-14-28(34)15-13-25)30-16-18-35-31-11-7-6-10-29(30)31;/h2-16,18,26-27,32-33H,1,17,19-23H2;1H/q+1;/p-1/t26-,27-,32+,33-,36?;/m0./s1. The zero-order valence-corrected chi connectivity index (χ0v) is 23.9. The van der Waals surface area contributed by atoms with Gasteiger partial charge in [0.15, 0.2) is 0 Å². The third-order valence-corrected chi connectivity index (χ3v) is 8.95. The summed E-state index contributed by atoms with van der Waals surface area (Å²) in [6, 6.07) is 30.0. The van der Waals surface area contributed by atoms with Crippen molar-refractivity contribution in [3.63, 3.8) is 0 Å². The maximum absolute atomic E-state index is 6.97. The molecule has 5 heteroatoms. The number of rotatable bonds is 8. The number of ether oxygens (including phenoxy) is 1. The van der Waals surface area contributed by atoms with Crippen molar-refractivity contribution in [1.29, 1.82) is 0 Å². The molecule has 3 nitrogen and oxygen atoms in total. The molecule has 38 heavy (non-hydrogen) atoms. The molecule has 3 aliphatic rings. The highest BCUT2D eigenvalue weighted by Crippen LogP contribution is 2.49. The van der Waals surface area contributed by atoms with Crippen molar-refractivity contribution < 1.29 is 26.2 Å². The lowest BCUT2D eigenvalue weighted by atomic mass is 9.71. The molecule has 0 saturated carbocycles. The lowest BCUT2D eigenvalue weighted by Crippen LogP contribution is -3.00. The van der Waals surface area contributed by atoms with Crippen molar-refractivity contribution >= 4 is 22.5 Å². The molecular formula is C33H34BrClN2O. The van der Waals surface area contributed by atoms with E-state index in [1.807, 2.05) is 18.3 Å². The van der Waals surface area contributed by atoms with Gasteiger partial charge in [0.25, 0.3) is 0 Å². The topological polar surface area (TPSA) is 22.1 Å². The smallest absolute Gasteiger partial charge is 0.135 e. The van der Waals surface area contributed by atoms with E-state index < -0.39 is 0 Å². The van der Waals surface area contributed by atoms with E-state index in [0.717, 1.165) is 40.1 Å². The molecular weight excluding hydrogens is 556 g/mol. The van der Waals surface area contributed by atoms with Crippen LogP contribution in [0.25, 0.3) is 10.9 Å². The number of nitrogens with zero attached hydrogens (tertiary/aromatic N) is 2. The molecule has 3 saturated heterocycles. The quantitative estimate of drug-likeness (QED) is 0.218. The van der Waals surface area contributed by atoms with E-state index in [9.17, 15) is 0 Å². The predicted octanol–water partition coefficient (Wildman–Crippen LogP) is 4.76. The molecule has 1 aromatic heterocycles. The number of hydrogen-bond acceptors (Lipinski definition) is 2. The third kappa shape index (κ3) is 5.33. The number of piperidine rings is 3. The van der Waals surface area contributed by atoms with Crippen LogP contribution in [0.1, 0.15) is 35.6 Å². The van der Waals surface area contributed by atoms with Crippen LogP contribution < -0.4 is 17.0 Å². The van der Waals surface area contributed by atoms with Gasteiger partial charge in [0.05, 0.1) is 25.2 Å². The average molecular weight is 590 g/mol. The largest absolute Gasteiger partial charge is 1.00 e. The predicted molar refractivity (Wildman–Crippen MR) is 151 cm³/mol. The number of fused-ring (bicyclic) bond motifs is 4. The minimum atomic E-state index is -0.0409. The molecule has 2 bridgehead atoms. The van der Waals surface area contributed by atoms with Gasteiger partial charge in [0.2, 0.25) is 0 Å². The summed E-state index contributed by atoms with van der Waals surface area (Å²) >= 11 is 6.16. The molecule has 0 N–H and O–H groups in total. The molecule has 3 aromatic carbocycles. The fourth-order valence-corrected chi connectivity index (χ4v) is 6.98. The van der Waals surface area contributed by atoms with E-state index in [1.54, 1.807) is 0 Å². The van der Waals surface area contributed by atoms with Gasteiger partial charge in [-0.15, -0.1) is 6.58 Å². The van der Waals surface area contributed by atoms with Crippen molar-refractivity contribution in [3.8, 4) is 0 Å². The highest BCUT2D eigenvalue weighted by atomic mass is 79.9. The van der Waals surface area contributed by atoms with Crippen molar-refractivity contribution in [3.05, 3.63) is 125 Å². The highest BCUT2D eigenvalue weighted by Gasteiger charge is 2.54. The summed E-state index contributed by atoms with van der Waals surface area (Å²) < 4.78 is 8.01. The molecule has 4 aromatic rings. The zero-order valence-electron chi connectivity index (χ0n) is 21.6. The number of aromatic nitrogens is 1. The van der Waals surface area contributed by atoms with Crippen LogP contribution in [0.3, 0.4) is 0 Å². The Balaban J connectivity index is 0.00000294. The highest BCUT2D eigenvalue weighted by molar-refractivity contribution is 6.30. The van der Waals surface area contributed by atoms with Crippen LogP contribution in [0.15, 0.2) is 104 Å². The van der Waals surface area contributed by atoms with E-state index in [2.05, 4.69) is 90.4 Å². The number of benzene rings is 3. The van der Waals surface area contributed by atoms with Crippen LogP contribution in [0.4, 0.5) is 0 Å². The summed E-state index contributed by atoms with van der Waals surface area (Å²) in [5, 5.41) is 1.94. The summed E-state index contributed by atoms with van der Waals surface area (Å²) in [5.41, 5.74) is 4.81. The molecule has 7 rings (SSSR count). The second-order valence-corrected chi connectivity index (χ2v) is 11.2. The first-order chi connectivity index (χ1) is 18.1. The average Bonchev–Trinajstić information content (AvgIpc) is 2.95. The first-order valence-electron chi connectivity index (χ1n) is 13.4. The van der Waals surface area contributed by atoms with Crippen molar-refractivity contribution in [2.75, 3.05) is 13.1 Å². The van der Waals surface area contributed by atoms with Gasteiger partial charge < -0.3 is 26.2 Å². The van der Waals surface area contributed by atoms with Crippen LogP contribution in [-0.2, 0) is 17.9 Å². The van der Waals surface area contributed by atoms with Crippen molar-refractivity contribution in [2.24, 2.45) is 11.8 Å². The number of quaternary nitrogens is 1. The monoisotopic (exact) mass is 588 g/mol. The number of hydrogen-bond donors (Lipinski definition) is 0. The van der Waals surface area contributed by atoms with Crippen LogP contribution in [0.2, 0.25) is 5.02 Å². The van der Waals surface area contributed by atoms with Gasteiger partial charge in [-0.3, -0.25) is 4.98 Å². The first-order valence-corrected chi connectivity index (χ1v) is 13.7. The number of halogens is 2.